The standard InChI is InChI=1S/C27H33N3O5/c1-5-16-34-20-22(31)18-30(15-17-32-3)19-25-26(21-9-7-6-8-10-21)28-29(2)27(25)35-24-13-11-23(33-4)12-14-24/h1,6-14,22,31H,15-20H2,2-4H3/t22-/m0/s1. The zero-order chi connectivity index (χ0) is 25.0. The van der Waals surface area contributed by atoms with Crippen molar-refractivity contribution in [3.05, 3.63) is 60.2 Å². The van der Waals surface area contributed by atoms with Gasteiger partial charge >= 0.3 is 0 Å². The first kappa shape index (κ1) is 26.3. The molecule has 8 heteroatoms. The van der Waals surface area contributed by atoms with Crippen molar-refractivity contribution in [1.29, 1.82) is 0 Å². The molecule has 0 fully saturated rings. The van der Waals surface area contributed by atoms with E-state index in [9.17, 15) is 5.11 Å². The second-order valence-electron chi connectivity index (χ2n) is 8.00. The molecule has 1 atom stereocenters. The van der Waals surface area contributed by atoms with E-state index < -0.39 is 6.10 Å². The number of terminal acetylenes is 1. The normalized spacial score (nSPS) is 11.9. The van der Waals surface area contributed by atoms with Crippen LogP contribution in [0.5, 0.6) is 17.4 Å². The molecule has 0 spiro atoms. The van der Waals surface area contributed by atoms with Crippen molar-refractivity contribution in [3.8, 4) is 41.0 Å². The minimum absolute atomic E-state index is 0.154. The molecule has 0 aliphatic rings. The van der Waals surface area contributed by atoms with E-state index in [4.69, 9.17) is 30.5 Å². The van der Waals surface area contributed by atoms with Gasteiger partial charge in [-0.15, -0.1) is 6.42 Å². The fraction of sp³-hybridized carbons (Fsp3) is 0.370. The Morgan fingerprint density at radius 3 is 2.46 bits per heavy atom. The number of hydrogen-bond donors (Lipinski definition) is 1. The van der Waals surface area contributed by atoms with Crippen molar-refractivity contribution in [3.63, 3.8) is 0 Å². The molecule has 186 valence electrons. The van der Waals surface area contributed by atoms with Crippen LogP contribution in [0, 0.1) is 12.3 Å². The summed E-state index contributed by atoms with van der Waals surface area (Å²) in [6.45, 7) is 2.29. The molecule has 0 radical (unpaired) electrons. The van der Waals surface area contributed by atoms with Gasteiger partial charge in [0.2, 0.25) is 5.88 Å². The lowest BCUT2D eigenvalue weighted by Crippen LogP contribution is -2.36. The second kappa shape index (κ2) is 13.5. The predicted molar refractivity (Wildman–Crippen MR) is 135 cm³/mol. The summed E-state index contributed by atoms with van der Waals surface area (Å²) >= 11 is 0. The highest BCUT2D eigenvalue weighted by Gasteiger charge is 2.23. The van der Waals surface area contributed by atoms with Crippen molar-refractivity contribution in [2.45, 2.75) is 12.6 Å². The van der Waals surface area contributed by atoms with Crippen LogP contribution >= 0.6 is 0 Å². The lowest BCUT2D eigenvalue weighted by Gasteiger charge is -2.25. The Hall–Kier alpha value is -3.35. The summed E-state index contributed by atoms with van der Waals surface area (Å²) < 4.78 is 23.9. The zero-order valence-corrected chi connectivity index (χ0v) is 20.5. The second-order valence-corrected chi connectivity index (χ2v) is 8.00. The molecule has 0 saturated carbocycles. The molecule has 1 aromatic heterocycles. The highest BCUT2D eigenvalue weighted by atomic mass is 16.5. The van der Waals surface area contributed by atoms with Crippen LogP contribution in [-0.2, 0) is 23.1 Å². The van der Waals surface area contributed by atoms with E-state index in [0.29, 0.717) is 37.9 Å². The minimum atomic E-state index is -0.706. The number of methoxy groups -OCH3 is 2. The lowest BCUT2D eigenvalue weighted by atomic mass is 10.1. The number of rotatable bonds is 14. The van der Waals surface area contributed by atoms with Gasteiger partial charge in [-0.1, -0.05) is 36.3 Å². The molecule has 1 heterocycles. The molecule has 35 heavy (non-hydrogen) atoms. The topological polar surface area (TPSA) is 78.2 Å². The van der Waals surface area contributed by atoms with Crippen molar-refractivity contribution in [1.82, 2.24) is 14.7 Å². The van der Waals surface area contributed by atoms with Gasteiger partial charge in [-0.05, 0) is 24.3 Å². The lowest BCUT2D eigenvalue weighted by molar-refractivity contribution is 0.0206. The highest BCUT2D eigenvalue weighted by Crippen LogP contribution is 2.34. The fourth-order valence-electron chi connectivity index (χ4n) is 3.69. The van der Waals surface area contributed by atoms with E-state index >= 15 is 0 Å². The molecule has 3 rings (SSSR count). The molecule has 1 N–H and O–H groups in total. The third-order valence-corrected chi connectivity index (χ3v) is 5.37. The first-order valence-electron chi connectivity index (χ1n) is 11.4. The number of nitrogens with zero attached hydrogens (tertiary/aromatic N) is 3. The van der Waals surface area contributed by atoms with Gasteiger partial charge in [0.25, 0.3) is 0 Å². The van der Waals surface area contributed by atoms with Crippen LogP contribution in [0.25, 0.3) is 11.3 Å². The summed E-state index contributed by atoms with van der Waals surface area (Å²) in [5.41, 5.74) is 2.70. The van der Waals surface area contributed by atoms with Crippen molar-refractivity contribution in [2.75, 3.05) is 47.1 Å². The minimum Gasteiger partial charge on any atom is -0.497 e. The maximum atomic E-state index is 10.5. The first-order valence-corrected chi connectivity index (χ1v) is 11.4. The quantitative estimate of drug-likeness (QED) is 0.281. The maximum Gasteiger partial charge on any atom is 0.222 e. The number of aliphatic hydroxyl groups excluding tert-OH is 1. The Bertz CT molecular complexity index is 1080. The van der Waals surface area contributed by atoms with Crippen molar-refractivity contribution in [2.24, 2.45) is 7.05 Å². The molecule has 3 aromatic rings. The molecule has 0 bridgehead atoms. The Balaban J connectivity index is 1.92. The number of benzene rings is 2. The summed E-state index contributed by atoms with van der Waals surface area (Å²) in [5, 5.41) is 15.3. The summed E-state index contributed by atoms with van der Waals surface area (Å²) in [7, 11) is 5.14. The molecule has 2 aromatic carbocycles. The number of aryl methyl sites for hydroxylation is 1. The van der Waals surface area contributed by atoms with E-state index in [0.717, 1.165) is 22.6 Å². The Kier molecular flexibility index (Phi) is 10.1. The van der Waals surface area contributed by atoms with Crippen LogP contribution in [0.2, 0.25) is 0 Å². The van der Waals surface area contributed by atoms with Crippen LogP contribution in [0.3, 0.4) is 0 Å². The van der Waals surface area contributed by atoms with Crippen LogP contribution in [0.15, 0.2) is 54.6 Å². The summed E-state index contributed by atoms with van der Waals surface area (Å²) in [4.78, 5) is 2.09. The third-order valence-electron chi connectivity index (χ3n) is 5.37. The smallest absolute Gasteiger partial charge is 0.222 e. The SMILES string of the molecule is C#CCOC[C@@H](O)CN(CCOC)Cc1c(-c2ccccc2)nn(C)c1Oc1ccc(OC)cc1. The number of aliphatic hydroxyl groups is 1. The molecule has 0 aliphatic carbocycles. The van der Waals surface area contributed by atoms with Gasteiger partial charge in [0, 0.05) is 39.4 Å². The van der Waals surface area contributed by atoms with Gasteiger partial charge < -0.3 is 24.1 Å². The molecule has 0 unspecified atom stereocenters. The monoisotopic (exact) mass is 479 g/mol. The largest absolute Gasteiger partial charge is 0.497 e. The van der Waals surface area contributed by atoms with E-state index in [1.54, 1.807) is 18.9 Å². The van der Waals surface area contributed by atoms with Crippen LogP contribution in [0.4, 0.5) is 0 Å². The summed E-state index contributed by atoms with van der Waals surface area (Å²) in [6, 6.07) is 17.4. The molecule has 0 aliphatic heterocycles. The average Bonchev–Trinajstić information content (AvgIpc) is 3.18. The molecule has 0 saturated heterocycles. The zero-order valence-electron chi connectivity index (χ0n) is 20.5. The van der Waals surface area contributed by atoms with Gasteiger partial charge in [0.15, 0.2) is 0 Å². The van der Waals surface area contributed by atoms with E-state index in [1.165, 1.54) is 0 Å². The van der Waals surface area contributed by atoms with Crippen LogP contribution < -0.4 is 9.47 Å². The fourth-order valence-corrected chi connectivity index (χ4v) is 3.69. The number of hydrogen-bond acceptors (Lipinski definition) is 7. The Labute approximate surface area is 207 Å². The van der Waals surface area contributed by atoms with E-state index in [1.807, 2.05) is 61.6 Å². The van der Waals surface area contributed by atoms with Gasteiger partial charge in [0.1, 0.15) is 23.8 Å². The summed E-state index contributed by atoms with van der Waals surface area (Å²) in [5.74, 6) is 4.45. The average molecular weight is 480 g/mol. The van der Waals surface area contributed by atoms with Gasteiger partial charge in [-0.2, -0.15) is 5.10 Å². The third kappa shape index (κ3) is 7.57. The first-order chi connectivity index (χ1) is 17.0. The molecule has 0 amide bonds. The number of ether oxygens (including phenoxy) is 4. The van der Waals surface area contributed by atoms with Crippen molar-refractivity contribution < 1.29 is 24.1 Å². The van der Waals surface area contributed by atoms with Gasteiger partial charge in [0.05, 0.1) is 32.0 Å². The molecular formula is C27H33N3O5. The Morgan fingerprint density at radius 1 is 1.09 bits per heavy atom. The highest BCUT2D eigenvalue weighted by molar-refractivity contribution is 5.65. The van der Waals surface area contributed by atoms with Crippen molar-refractivity contribution >= 4 is 0 Å². The molecular weight excluding hydrogens is 446 g/mol. The molecule has 8 nitrogen and oxygen atoms in total. The van der Waals surface area contributed by atoms with E-state index in [-0.39, 0.29) is 13.2 Å². The Morgan fingerprint density at radius 2 is 1.80 bits per heavy atom. The predicted octanol–water partition coefficient (Wildman–Crippen LogP) is 3.35. The number of aromatic nitrogens is 2. The van der Waals surface area contributed by atoms with Gasteiger partial charge in [-0.3, -0.25) is 4.90 Å². The van der Waals surface area contributed by atoms with Crippen LogP contribution in [-0.4, -0.2) is 73.0 Å². The van der Waals surface area contributed by atoms with Gasteiger partial charge in [-0.25, -0.2) is 4.68 Å². The maximum absolute atomic E-state index is 10.5. The summed E-state index contributed by atoms with van der Waals surface area (Å²) in [6.07, 6.45) is 4.53. The van der Waals surface area contributed by atoms with Crippen LogP contribution in [0.1, 0.15) is 5.56 Å². The van der Waals surface area contributed by atoms with E-state index in [2.05, 4.69) is 10.8 Å².